The van der Waals surface area contributed by atoms with Crippen LogP contribution in [-0.4, -0.2) is 29.4 Å². The van der Waals surface area contributed by atoms with E-state index >= 15 is 0 Å². The molecule has 4 rings (SSSR count). The molecule has 136 valence electrons. The van der Waals surface area contributed by atoms with Crippen LogP contribution in [0.15, 0.2) is 60.3 Å². The molecule has 0 atom stereocenters. The molecule has 1 amide bonds. The van der Waals surface area contributed by atoms with E-state index in [1.54, 1.807) is 42.3 Å². The van der Waals surface area contributed by atoms with Crippen LogP contribution in [0.4, 0.5) is 5.82 Å². The molecule has 0 unspecified atom stereocenters. The number of benzene rings is 2. The van der Waals surface area contributed by atoms with Gasteiger partial charge in [-0.1, -0.05) is 29.8 Å². The Balaban J connectivity index is 1.59. The number of ether oxygens (including phenoxy) is 2. The van der Waals surface area contributed by atoms with Gasteiger partial charge in [-0.05, 0) is 30.3 Å². The Labute approximate surface area is 161 Å². The van der Waals surface area contributed by atoms with E-state index in [1.807, 2.05) is 30.3 Å². The number of nitrogens with zero attached hydrogens (tertiary/aromatic N) is 2. The molecule has 6 nitrogen and oxygen atoms in total. The Hall–Kier alpha value is -3.25. The number of carbonyl (C=O) groups excluding carboxylic acids is 1. The molecule has 0 spiro atoms. The highest BCUT2D eigenvalue weighted by molar-refractivity contribution is 6.30. The topological polar surface area (TPSA) is 65.4 Å². The van der Waals surface area contributed by atoms with Crippen LogP contribution in [-0.2, 0) is 4.79 Å². The van der Waals surface area contributed by atoms with Gasteiger partial charge in [0.15, 0.2) is 11.5 Å². The molecule has 0 saturated heterocycles. The number of amides is 1. The van der Waals surface area contributed by atoms with Crippen LogP contribution in [0.1, 0.15) is 5.56 Å². The lowest BCUT2D eigenvalue weighted by Gasteiger charge is -2.19. The normalized spacial score (nSPS) is 12.6. The van der Waals surface area contributed by atoms with E-state index in [2.05, 4.69) is 10.4 Å². The maximum absolute atomic E-state index is 12.7. The number of hydrogen-bond donors (Lipinski definition) is 1. The Bertz CT molecular complexity index is 1040. The van der Waals surface area contributed by atoms with Gasteiger partial charge in [0.2, 0.25) is 0 Å². The first-order chi connectivity index (χ1) is 13.2. The molecule has 0 bridgehead atoms. The van der Waals surface area contributed by atoms with Gasteiger partial charge in [0.05, 0.1) is 24.6 Å². The van der Waals surface area contributed by atoms with Gasteiger partial charge < -0.3 is 14.8 Å². The maximum Gasteiger partial charge on any atom is 0.256 e. The molecule has 27 heavy (non-hydrogen) atoms. The number of nitrogens with one attached hydrogen (secondary N) is 1. The molecule has 2 heterocycles. The van der Waals surface area contributed by atoms with Crippen molar-refractivity contribution >= 4 is 29.4 Å². The molecule has 0 fully saturated rings. The molecule has 1 N–H and O–H groups in total. The Kier molecular flexibility index (Phi) is 4.56. The summed E-state index contributed by atoms with van der Waals surface area (Å²) in [4.78, 5) is 12.7. The molecular formula is C20H16ClN3O3. The maximum atomic E-state index is 12.7. The average molecular weight is 382 g/mol. The van der Waals surface area contributed by atoms with Gasteiger partial charge in [0, 0.05) is 16.7 Å². The largest absolute Gasteiger partial charge is 0.493 e. The minimum absolute atomic E-state index is 0.157. The standard InChI is InChI=1S/C20H16ClN3O3/c1-26-17-7-2-4-13-10-14(12-27-19(13)17)20(25)23-18-8-9-22-24(18)16-6-3-5-15(21)11-16/h2-11H,12H2,1H3,(H,23,25). The summed E-state index contributed by atoms with van der Waals surface area (Å²) in [6.07, 6.45) is 3.42. The van der Waals surface area contributed by atoms with Crippen LogP contribution < -0.4 is 14.8 Å². The van der Waals surface area contributed by atoms with Gasteiger partial charge in [-0.15, -0.1) is 0 Å². The molecule has 7 heteroatoms. The lowest BCUT2D eigenvalue weighted by Crippen LogP contribution is -2.22. The number of halogens is 1. The highest BCUT2D eigenvalue weighted by Gasteiger charge is 2.21. The minimum atomic E-state index is -0.257. The van der Waals surface area contributed by atoms with Gasteiger partial charge in [-0.25, -0.2) is 4.68 Å². The zero-order valence-electron chi connectivity index (χ0n) is 14.5. The first-order valence-corrected chi connectivity index (χ1v) is 8.65. The predicted octanol–water partition coefficient (Wildman–Crippen LogP) is 3.95. The third-order valence-corrected chi connectivity index (χ3v) is 4.39. The number of aromatic nitrogens is 2. The molecule has 0 radical (unpaired) electrons. The Morgan fingerprint density at radius 3 is 2.93 bits per heavy atom. The fourth-order valence-electron chi connectivity index (χ4n) is 2.88. The number of hydrogen-bond acceptors (Lipinski definition) is 4. The predicted molar refractivity (Wildman–Crippen MR) is 104 cm³/mol. The number of carbonyl (C=O) groups is 1. The van der Waals surface area contributed by atoms with Crippen molar-refractivity contribution < 1.29 is 14.3 Å². The molecule has 1 aromatic heterocycles. The molecule has 2 aromatic carbocycles. The van der Waals surface area contributed by atoms with Crippen LogP contribution in [0, 0.1) is 0 Å². The monoisotopic (exact) mass is 381 g/mol. The second-order valence-corrected chi connectivity index (χ2v) is 6.34. The molecule has 1 aliphatic heterocycles. The van der Waals surface area contributed by atoms with Crippen molar-refractivity contribution in [3.8, 4) is 17.2 Å². The second kappa shape index (κ2) is 7.17. The third-order valence-electron chi connectivity index (χ3n) is 4.16. The summed E-state index contributed by atoms with van der Waals surface area (Å²) in [6.45, 7) is 0.157. The van der Waals surface area contributed by atoms with Gasteiger partial charge in [-0.3, -0.25) is 4.79 Å². The highest BCUT2D eigenvalue weighted by Crippen LogP contribution is 2.35. The van der Waals surface area contributed by atoms with E-state index in [0.717, 1.165) is 11.3 Å². The van der Waals surface area contributed by atoms with E-state index < -0.39 is 0 Å². The van der Waals surface area contributed by atoms with Crippen LogP contribution in [0.2, 0.25) is 5.02 Å². The number of anilines is 1. The van der Waals surface area contributed by atoms with Gasteiger partial charge >= 0.3 is 0 Å². The van der Waals surface area contributed by atoms with E-state index in [-0.39, 0.29) is 12.5 Å². The lowest BCUT2D eigenvalue weighted by molar-refractivity contribution is -0.113. The molecule has 0 saturated carbocycles. The zero-order valence-corrected chi connectivity index (χ0v) is 15.2. The van der Waals surface area contributed by atoms with Crippen molar-refractivity contribution in [2.75, 3.05) is 19.0 Å². The number of rotatable bonds is 4. The first-order valence-electron chi connectivity index (χ1n) is 8.27. The van der Waals surface area contributed by atoms with Crippen LogP contribution in [0.25, 0.3) is 11.8 Å². The Morgan fingerprint density at radius 2 is 2.11 bits per heavy atom. The van der Waals surface area contributed by atoms with E-state index in [9.17, 15) is 4.79 Å². The van der Waals surface area contributed by atoms with Crippen LogP contribution >= 0.6 is 11.6 Å². The summed E-state index contributed by atoms with van der Waals surface area (Å²) >= 11 is 6.05. The summed E-state index contributed by atoms with van der Waals surface area (Å²) in [5, 5.41) is 7.73. The lowest BCUT2D eigenvalue weighted by atomic mass is 10.1. The van der Waals surface area contributed by atoms with Crippen molar-refractivity contribution in [1.29, 1.82) is 0 Å². The van der Waals surface area contributed by atoms with Gasteiger partial charge in [-0.2, -0.15) is 5.10 Å². The van der Waals surface area contributed by atoms with Crippen molar-refractivity contribution in [2.45, 2.75) is 0 Å². The smallest absolute Gasteiger partial charge is 0.256 e. The zero-order chi connectivity index (χ0) is 18.8. The van der Waals surface area contributed by atoms with Crippen LogP contribution in [0.3, 0.4) is 0 Å². The van der Waals surface area contributed by atoms with E-state index in [1.165, 1.54) is 0 Å². The Morgan fingerprint density at radius 1 is 1.26 bits per heavy atom. The first kappa shape index (κ1) is 17.2. The molecular weight excluding hydrogens is 366 g/mol. The minimum Gasteiger partial charge on any atom is -0.493 e. The average Bonchev–Trinajstić information content (AvgIpc) is 3.15. The van der Waals surface area contributed by atoms with Crippen molar-refractivity contribution in [2.24, 2.45) is 0 Å². The number of para-hydroxylation sites is 1. The summed E-state index contributed by atoms with van der Waals surface area (Å²) in [7, 11) is 1.59. The summed E-state index contributed by atoms with van der Waals surface area (Å²) in [5.74, 6) is 1.56. The highest BCUT2D eigenvalue weighted by atomic mass is 35.5. The fraction of sp³-hybridized carbons (Fsp3) is 0.100. The van der Waals surface area contributed by atoms with Gasteiger partial charge in [0.25, 0.3) is 5.91 Å². The molecule has 0 aliphatic carbocycles. The van der Waals surface area contributed by atoms with Gasteiger partial charge in [0.1, 0.15) is 12.4 Å². The van der Waals surface area contributed by atoms with E-state index in [0.29, 0.717) is 27.9 Å². The fourth-order valence-corrected chi connectivity index (χ4v) is 3.06. The third kappa shape index (κ3) is 3.39. The van der Waals surface area contributed by atoms with E-state index in [4.69, 9.17) is 21.1 Å². The summed E-state index contributed by atoms with van der Waals surface area (Å²) in [5.41, 5.74) is 2.07. The van der Waals surface area contributed by atoms with Crippen LogP contribution in [0.5, 0.6) is 11.5 Å². The van der Waals surface area contributed by atoms with Crippen molar-refractivity contribution in [3.05, 3.63) is 70.9 Å². The quantitative estimate of drug-likeness (QED) is 0.743. The molecule has 1 aliphatic rings. The molecule has 3 aromatic rings. The number of methoxy groups -OCH3 is 1. The SMILES string of the molecule is COc1cccc2c1OCC(C(=O)Nc1ccnn1-c1cccc(Cl)c1)=C2. The number of fused-ring (bicyclic) bond motifs is 1. The van der Waals surface area contributed by atoms with Crippen molar-refractivity contribution in [3.63, 3.8) is 0 Å². The summed E-state index contributed by atoms with van der Waals surface area (Å²) < 4.78 is 12.6. The summed E-state index contributed by atoms with van der Waals surface area (Å²) in [6, 6.07) is 14.5. The van der Waals surface area contributed by atoms with Crippen molar-refractivity contribution in [1.82, 2.24) is 9.78 Å². The second-order valence-electron chi connectivity index (χ2n) is 5.90.